The lowest BCUT2D eigenvalue weighted by Crippen LogP contribution is -2.52. The molecule has 1 saturated heterocycles. The summed E-state index contributed by atoms with van der Waals surface area (Å²) in [6.07, 6.45) is 3.48. The Balaban J connectivity index is 1.61. The fourth-order valence-corrected chi connectivity index (χ4v) is 3.23. The molecule has 28 heavy (non-hydrogen) atoms. The van der Waals surface area contributed by atoms with E-state index in [4.69, 9.17) is 0 Å². The summed E-state index contributed by atoms with van der Waals surface area (Å²) in [5, 5.41) is 44.7. The lowest BCUT2D eigenvalue weighted by atomic mass is 10.00. The molecule has 1 aliphatic heterocycles. The number of benzene rings is 2. The smallest absolute Gasteiger partial charge is 0.189 e. The van der Waals surface area contributed by atoms with E-state index in [2.05, 4.69) is 10.6 Å². The number of hydrogen-bond donors (Lipinski definition) is 6. The highest BCUT2D eigenvalue weighted by molar-refractivity contribution is 6.08. The second-order valence-electron chi connectivity index (χ2n) is 6.89. The Hall–Kier alpha value is -2.87. The summed E-state index contributed by atoms with van der Waals surface area (Å²) in [5.41, 5.74) is 1.78. The van der Waals surface area contributed by atoms with Crippen LogP contribution in [0.15, 0.2) is 48.5 Å². The number of carbonyl (C=O) groups excluding carboxylic acids is 1. The molecule has 0 radical (unpaired) electrons. The molecule has 2 aromatic rings. The predicted octanol–water partition coefficient (Wildman–Crippen LogP) is 1.84. The van der Waals surface area contributed by atoms with E-state index in [9.17, 15) is 25.2 Å². The van der Waals surface area contributed by atoms with E-state index < -0.39 is 6.10 Å². The van der Waals surface area contributed by atoms with Gasteiger partial charge in [0.1, 0.15) is 11.5 Å². The van der Waals surface area contributed by atoms with Crippen LogP contribution in [0.1, 0.15) is 28.8 Å². The minimum absolute atomic E-state index is 0.0242. The van der Waals surface area contributed by atoms with Gasteiger partial charge in [-0.25, -0.2) is 0 Å². The Morgan fingerprint density at radius 3 is 2.57 bits per heavy atom. The van der Waals surface area contributed by atoms with Gasteiger partial charge in [-0.15, -0.1) is 0 Å². The summed E-state index contributed by atoms with van der Waals surface area (Å²) in [6, 6.07) is 11.1. The first-order valence-electron chi connectivity index (χ1n) is 9.10. The van der Waals surface area contributed by atoms with E-state index in [-0.39, 0.29) is 41.7 Å². The molecule has 1 aliphatic rings. The van der Waals surface area contributed by atoms with Gasteiger partial charge >= 0.3 is 0 Å². The van der Waals surface area contributed by atoms with Gasteiger partial charge in [0.2, 0.25) is 0 Å². The third-order valence-electron chi connectivity index (χ3n) is 4.65. The van der Waals surface area contributed by atoms with Crippen molar-refractivity contribution in [2.24, 2.45) is 0 Å². The molecule has 0 saturated carbocycles. The fraction of sp³-hybridized carbons (Fsp3) is 0.286. The number of phenols is 2. The third-order valence-corrected chi connectivity index (χ3v) is 4.65. The highest BCUT2D eigenvalue weighted by Crippen LogP contribution is 2.23. The largest absolute Gasteiger partial charge is 0.508 e. The van der Waals surface area contributed by atoms with Crippen molar-refractivity contribution < 1.29 is 25.2 Å². The van der Waals surface area contributed by atoms with Crippen LogP contribution in [0, 0.1) is 0 Å². The van der Waals surface area contributed by atoms with Crippen LogP contribution in [-0.4, -0.2) is 51.1 Å². The standard InChI is InChI=1S/C21H24N2O5/c24-12-15-9-17(26)11-21(23-15)22-14-4-1-13(2-5-14)3-8-19(27)18-7-6-16(25)10-20(18)28/h1-8,10,15,17,21-26,28H,9,11-12H2/b8-3+/t15-,17-,21+/m0/s1. The summed E-state index contributed by atoms with van der Waals surface area (Å²) in [6.45, 7) is -0.0242. The SMILES string of the molecule is O=C(/C=C/c1ccc(N[C@H]2C[C@@H](O)C[C@@H](CO)N2)cc1)c1ccc(O)cc1O. The minimum atomic E-state index is -0.458. The Labute approximate surface area is 163 Å². The molecule has 0 aliphatic carbocycles. The number of anilines is 1. The van der Waals surface area contributed by atoms with E-state index in [1.807, 2.05) is 24.3 Å². The summed E-state index contributed by atoms with van der Waals surface area (Å²) < 4.78 is 0. The lowest BCUT2D eigenvalue weighted by Gasteiger charge is -2.34. The number of aliphatic hydroxyl groups is 2. The van der Waals surface area contributed by atoms with Crippen molar-refractivity contribution in [2.75, 3.05) is 11.9 Å². The molecule has 0 bridgehead atoms. The molecule has 6 N–H and O–H groups in total. The van der Waals surface area contributed by atoms with Crippen LogP contribution in [0.25, 0.3) is 6.08 Å². The molecule has 0 aromatic heterocycles. The second-order valence-corrected chi connectivity index (χ2v) is 6.89. The average Bonchev–Trinajstić information content (AvgIpc) is 2.66. The molecular formula is C21H24N2O5. The van der Waals surface area contributed by atoms with Crippen LogP contribution in [0.3, 0.4) is 0 Å². The maximum absolute atomic E-state index is 12.2. The number of ketones is 1. The van der Waals surface area contributed by atoms with Crippen LogP contribution in [0.2, 0.25) is 0 Å². The Kier molecular flexibility index (Phi) is 6.30. The highest BCUT2D eigenvalue weighted by Gasteiger charge is 2.26. The quantitative estimate of drug-likeness (QED) is 0.332. The molecular weight excluding hydrogens is 360 g/mol. The third kappa shape index (κ3) is 5.10. The average molecular weight is 384 g/mol. The molecule has 7 nitrogen and oxygen atoms in total. The number of rotatable bonds is 6. The zero-order valence-corrected chi connectivity index (χ0v) is 15.2. The van der Waals surface area contributed by atoms with Crippen molar-refractivity contribution in [3.05, 3.63) is 59.7 Å². The van der Waals surface area contributed by atoms with Gasteiger partial charge in [0.15, 0.2) is 5.78 Å². The van der Waals surface area contributed by atoms with Gasteiger partial charge < -0.3 is 25.7 Å². The monoisotopic (exact) mass is 384 g/mol. The summed E-state index contributed by atoms with van der Waals surface area (Å²) in [5.74, 6) is -0.737. The van der Waals surface area contributed by atoms with Crippen molar-refractivity contribution in [2.45, 2.75) is 31.2 Å². The maximum Gasteiger partial charge on any atom is 0.189 e. The van der Waals surface area contributed by atoms with E-state index in [1.165, 1.54) is 18.2 Å². The van der Waals surface area contributed by atoms with Crippen molar-refractivity contribution in [1.82, 2.24) is 5.32 Å². The van der Waals surface area contributed by atoms with Crippen LogP contribution in [-0.2, 0) is 0 Å². The van der Waals surface area contributed by atoms with Gasteiger partial charge in [0.25, 0.3) is 0 Å². The summed E-state index contributed by atoms with van der Waals surface area (Å²) >= 11 is 0. The van der Waals surface area contributed by atoms with Crippen LogP contribution < -0.4 is 10.6 Å². The Morgan fingerprint density at radius 2 is 1.89 bits per heavy atom. The number of phenolic OH excluding ortho intramolecular Hbond substituents is 2. The number of aliphatic hydroxyl groups excluding tert-OH is 2. The second kappa shape index (κ2) is 8.88. The molecule has 0 spiro atoms. The number of nitrogens with one attached hydrogen (secondary N) is 2. The predicted molar refractivity (Wildman–Crippen MR) is 106 cm³/mol. The molecule has 7 heteroatoms. The van der Waals surface area contributed by atoms with E-state index >= 15 is 0 Å². The first-order valence-corrected chi connectivity index (χ1v) is 9.10. The molecule has 2 aromatic carbocycles. The Bertz CT molecular complexity index is 850. The first-order chi connectivity index (χ1) is 13.4. The molecule has 1 heterocycles. The van der Waals surface area contributed by atoms with Crippen molar-refractivity contribution >= 4 is 17.5 Å². The zero-order chi connectivity index (χ0) is 20.1. The van der Waals surface area contributed by atoms with E-state index in [0.717, 1.165) is 17.3 Å². The lowest BCUT2D eigenvalue weighted by molar-refractivity contribution is 0.0794. The molecule has 0 amide bonds. The van der Waals surface area contributed by atoms with Crippen molar-refractivity contribution in [1.29, 1.82) is 0 Å². The highest BCUT2D eigenvalue weighted by atomic mass is 16.3. The molecule has 3 rings (SSSR count). The molecule has 3 atom stereocenters. The van der Waals surface area contributed by atoms with Gasteiger partial charge in [-0.05, 0) is 42.3 Å². The normalized spacial score (nSPS) is 22.3. The number of piperidine rings is 1. The van der Waals surface area contributed by atoms with Crippen LogP contribution >= 0.6 is 0 Å². The van der Waals surface area contributed by atoms with Gasteiger partial charge in [0, 0.05) is 24.2 Å². The number of aromatic hydroxyl groups is 2. The van der Waals surface area contributed by atoms with Gasteiger partial charge in [-0.2, -0.15) is 0 Å². The minimum Gasteiger partial charge on any atom is -0.508 e. The summed E-state index contributed by atoms with van der Waals surface area (Å²) in [7, 11) is 0. The topological polar surface area (TPSA) is 122 Å². The van der Waals surface area contributed by atoms with Gasteiger partial charge in [-0.3, -0.25) is 10.1 Å². The number of carbonyl (C=O) groups is 1. The van der Waals surface area contributed by atoms with Crippen molar-refractivity contribution in [3.8, 4) is 11.5 Å². The molecule has 0 unspecified atom stereocenters. The van der Waals surface area contributed by atoms with Crippen LogP contribution in [0.5, 0.6) is 11.5 Å². The fourth-order valence-electron chi connectivity index (χ4n) is 3.23. The molecule has 1 fully saturated rings. The van der Waals surface area contributed by atoms with Crippen LogP contribution in [0.4, 0.5) is 5.69 Å². The van der Waals surface area contributed by atoms with E-state index in [0.29, 0.717) is 12.8 Å². The number of hydrogen-bond acceptors (Lipinski definition) is 7. The molecule has 148 valence electrons. The zero-order valence-electron chi connectivity index (χ0n) is 15.2. The first kappa shape index (κ1) is 19.9. The maximum atomic E-state index is 12.2. The van der Waals surface area contributed by atoms with Crippen molar-refractivity contribution in [3.63, 3.8) is 0 Å². The van der Waals surface area contributed by atoms with Gasteiger partial charge in [0.05, 0.1) is 24.4 Å². The Morgan fingerprint density at radius 1 is 1.14 bits per heavy atom. The van der Waals surface area contributed by atoms with Gasteiger partial charge in [-0.1, -0.05) is 18.2 Å². The summed E-state index contributed by atoms with van der Waals surface area (Å²) in [4.78, 5) is 12.2. The number of allylic oxidation sites excluding steroid dienone is 1. The van der Waals surface area contributed by atoms with E-state index in [1.54, 1.807) is 6.08 Å².